The Hall–Kier alpha value is -2.08. The monoisotopic (exact) mass is 252 g/mol. The van der Waals surface area contributed by atoms with Gasteiger partial charge in [0, 0.05) is 13.6 Å². The molecule has 0 bridgehead atoms. The minimum absolute atomic E-state index is 0.419. The van der Waals surface area contributed by atoms with Crippen LogP contribution in [0.2, 0.25) is 0 Å². The van der Waals surface area contributed by atoms with Gasteiger partial charge in [0.15, 0.2) is 6.61 Å². The smallest absolute Gasteiger partial charge is 0.341 e. The molecule has 2 N–H and O–H groups in total. The highest BCUT2D eigenvalue weighted by atomic mass is 16.7. The number of carboxylic acids is 1. The molecule has 18 heavy (non-hydrogen) atoms. The van der Waals surface area contributed by atoms with Crippen LogP contribution in [0.5, 0.6) is 0 Å². The number of benzene rings is 1. The van der Waals surface area contributed by atoms with E-state index >= 15 is 0 Å². The van der Waals surface area contributed by atoms with E-state index in [0.717, 1.165) is 11.1 Å². The van der Waals surface area contributed by atoms with E-state index in [2.05, 4.69) is 10.3 Å². The molecule has 1 rings (SSSR count). The number of aliphatic carboxylic acids is 1. The number of hydrogen-bond acceptors (Lipinski definition) is 3. The molecule has 0 saturated carbocycles. The highest BCUT2D eigenvalue weighted by Crippen LogP contribution is 2.05. The molecule has 0 radical (unpaired) electrons. The maximum absolute atomic E-state index is 11.5. The summed E-state index contributed by atoms with van der Waals surface area (Å²) in [5.41, 5.74) is 4.18. The van der Waals surface area contributed by atoms with Crippen molar-refractivity contribution in [1.29, 1.82) is 0 Å². The summed E-state index contributed by atoms with van der Waals surface area (Å²) < 4.78 is 0. The number of nitrogens with zero attached hydrogens (tertiary/aromatic N) is 1. The van der Waals surface area contributed by atoms with Gasteiger partial charge in [0.05, 0.1) is 0 Å². The maximum Gasteiger partial charge on any atom is 0.341 e. The summed E-state index contributed by atoms with van der Waals surface area (Å²) >= 11 is 0. The minimum atomic E-state index is -1.14. The van der Waals surface area contributed by atoms with E-state index in [-0.39, 0.29) is 0 Å². The first kappa shape index (κ1) is 14.0. The normalized spacial score (nSPS) is 9.89. The molecule has 0 aromatic heterocycles. The van der Waals surface area contributed by atoms with E-state index in [1.807, 2.05) is 31.2 Å². The van der Waals surface area contributed by atoms with Crippen LogP contribution in [0.4, 0.5) is 4.79 Å². The summed E-state index contributed by atoms with van der Waals surface area (Å²) in [5, 5.41) is 8.34. The predicted octanol–water partition coefficient (Wildman–Crippen LogP) is 1.15. The van der Waals surface area contributed by atoms with Crippen LogP contribution in [0.3, 0.4) is 0 Å². The van der Waals surface area contributed by atoms with Crippen LogP contribution in [-0.2, 0) is 16.2 Å². The van der Waals surface area contributed by atoms with Crippen LogP contribution >= 0.6 is 0 Å². The van der Waals surface area contributed by atoms with E-state index in [0.29, 0.717) is 6.54 Å². The van der Waals surface area contributed by atoms with Crippen molar-refractivity contribution in [2.24, 2.45) is 0 Å². The molecule has 0 fully saturated rings. The fourth-order valence-corrected chi connectivity index (χ4v) is 1.28. The number of hydroxylamine groups is 1. The van der Waals surface area contributed by atoms with Gasteiger partial charge in [0.25, 0.3) is 0 Å². The van der Waals surface area contributed by atoms with Crippen LogP contribution in [-0.4, -0.2) is 35.7 Å². The first-order valence-electron chi connectivity index (χ1n) is 5.39. The van der Waals surface area contributed by atoms with Crippen molar-refractivity contribution >= 4 is 12.0 Å². The molecule has 0 aliphatic rings. The topological polar surface area (TPSA) is 78.9 Å². The third-order valence-electron chi connectivity index (χ3n) is 2.24. The quantitative estimate of drug-likeness (QED) is 0.770. The lowest BCUT2D eigenvalue weighted by molar-refractivity contribution is -0.144. The van der Waals surface area contributed by atoms with E-state index in [9.17, 15) is 9.59 Å². The fourth-order valence-electron chi connectivity index (χ4n) is 1.28. The fraction of sp³-hybridized carbons (Fsp3) is 0.333. The molecule has 0 aliphatic carbocycles. The number of hydrogen-bond donors (Lipinski definition) is 2. The van der Waals surface area contributed by atoms with Gasteiger partial charge in [-0.15, -0.1) is 0 Å². The summed E-state index contributed by atoms with van der Waals surface area (Å²) in [6.07, 6.45) is 0. The van der Waals surface area contributed by atoms with Gasteiger partial charge in [-0.05, 0) is 12.5 Å². The highest BCUT2D eigenvalue weighted by Gasteiger charge is 2.09. The maximum atomic E-state index is 11.5. The van der Waals surface area contributed by atoms with Crippen molar-refractivity contribution in [3.63, 3.8) is 0 Å². The molecule has 6 nitrogen and oxygen atoms in total. The lowest BCUT2D eigenvalue weighted by Gasteiger charge is -2.17. The van der Waals surface area contributed by atoms with Crippen molar-refractivity contribution in [3.05, 3.63) is 35.4 Å². The Morgan fingerprint density at radius 2 is 1.94 bits per heavy atom. The molecular weight excluding hydrogens is 236 g/mol. The summed E-state index contributed by atoms with van der Waals surface area (Å²) in [4.78, 5) is 27.6. The van der Waals surface area contributed by atoms with Gasteiger partial charge in [-0.2, -0.15) is 0 Å². The third kappa shape index (κ3) is 4.84. The van der Waals surface area contributed by atoms with Crippen LogP contribution in [0.15, 0.2) is 24.3 Å². The largest absolute Gasteiger partial charge is 0.479 e. The molecular formula is C12H16N2O4. The van der Waals surface area contributed by atoms with Crippen LogP contribution < -0.4 is 5.48 Å². The SMILES string of the molecule is Cc1ccc(CN(C)C(=O)NOCC(=O)O)cc1. The van der Waals surface area contributed by atoms with E-state index < -0.39 is 18.6 Å². The molecule has 0 spiro atoms. The first-order valence-corrected chi connectivity index (χ1v) is 5.39. The van der Waals surface area contributed by atoms with Crippen molar-refractivity contribution < 1.29 is 19.5 Å². The van der Waals surface area contributed by atoms with Crippen molar-refractivity contribution in [2.45, 2.75) is 13.5 Å². The molecule has 1 aromatic carbocycles. The number of carboxylic acid groups (broad SMARTS) is 1. The number of urea groups is 1. The average Bonchev–Trinajstić information content (AvgIpc) is 2.31. The predicted molar refractivity (Wildman–Crippen MR) is 64.8 cm³/mol. The second kappa shape index (κ2) is 6.61. The molecule has 6 heteroatoms. The van der Waals surface area contributed by atoms with Crippen LogP contribution in [0.1, 0.15) is 11.1 Å². The van der Waals surface area contributed by atoms with Gasteiger partial charge in [-0.1, -0.05) is 29.8 Å². The van der Waals surface area contributed by atoms with Gasteiger partial charge in [-0.3, -0.25) is 4.84 Å². The Kier molecular flexibility index (Phi) is 5.13. The zero-order valence-electron chi connectivity index (χ0n) is 10.3. The first-order chi connectivity index (χ1) is 8.49. The van der Waals surface area contributed by atoms with Gasteiger partial charge in [0.1, 0.15) is 0 Å². The van der Waals surface area contributed by atoms with Crippen LogP contribution in [0, 0.1) is 6.92 Å². The number of nitrogens with one attached hydrogen (secondary N) is 1. The van der Waals surface area contributed by atoms with Crippen LogP contribution in [0.25, 0.3) is 0 Å². The summed E-state index contributed by atoms with van der Waals surface area (Å²) in [5.74, 6) is -1.14. The molecule has 98 valence electrons. The van der Waals surface area contributed by atoms with Gasteiger partial charge in [0.2, 0.25) is 0 Å². The number of carbonyl (C=O) groups excluding carboxylic acids is 1. The molecule has 0 aliphatic heterocycles. The lowest BCUT2D eigenvalue weighted by atomic mass is 10.1. The number of amides is 2. The molecule has 0 saturated heterocycles. The molecule has 0 heterocycles. The Labute approximate surface area is 105 Å². The van der Waals surface area contributed by atoms with E-state index in [4.69, 9.17) is 5.11 Å². The zero-order chi connectivity index (χ0) is 13.5. The minimum Gasteiger partial charge on any atom is -0.479 e. The summed E-state index contributed by atoms with van der Waals surface area (Å²) in [6, 6.07) is 7.29. The van der Waals surface area contributed by atoms with E-state index in [1.54, 1.807) is 7.05 Å². The Morgan fingerprint density at radius 1 is 1.33 bits per heavy atom. The molecule has 0 atom stereocenters. The Bertz CT molecular complexity index is 417. The summed E-state index contributed by atoms with van der Waals surface area (Å²) in [6.45, 7) is 1.84. The lowest BCUT2D eigenvalue weighted by Crippen LogP contribution is -2.37. The zero-order valence-corrected chi connectivity index (χ0v) is 10.3. The van der Waals surface area contributed by atoms with E-state index in [1.165, 1.54) is 4.90 Å². The Morgan fingerprint density at radius 3 is 2.50 bits per heavy atom. The second-order valence-corrected chi connectivity index (χ2v) is 3.93. The molecule has 0 unspecified atom stereocenters. The summed E-state index contributed by atoms with van der Waals surface area (Å²) in [7, 11) is 1.60. The molecule has 1 aromatic rings. The number of aryl methyl sites for hydroxylation is 1. The van der Waals surface area contributed by atoms with Gasteiger partial charge >= 0.3 is 12.0 Å². The average molecular weight is 252 g/mol. The number of carbonyl (C=O) groups is 2. The van der Waals surface area contributed by atoms with Crippen molar-refractivity contribution in [1.82, 2.24) is 10.4 Å². The standard InChI is InChI=1S/C12H16N2O4/c1-9-3-5-10(6-4-9)7-14(2)12(17)13-18-8-11(15)16/h3-6H,7-8H2,1-2H3,(H,13,17)(H,15,16). The highest BCUT2D eigenvalue weighted by molar-refractivity contribution is 5.73. The number of rotatable bonds is 5. The van der Waals surface area contributed by atoms with Gasteiger partial charge < -0.3 is 10.0 Å². The van der Waals surface area contributed by atoms with Crippen molar-refractivity contribution in [2.75, 3.05) is 13.7 Å². The van der Waals surface area contributed by atoms with Crippen molar-refractivity contribution in [3.8, 4) is 0 Å². The van der Waals surface area contributed by atoms with Gasteiger partial charge in [-0.25, -0.2) is 15.1 Å². The third-order valence-corrected chi connectivity index (χ3v) is 2.24. The molecule has 2 amide bonds. The second-order valence-electron chi connectivity index (χ2n) is 3.93. The Balaban J connectivity index is 2.39.